The number of esters is 1. The Labute approximate surface area is 203 Å². The lowest BCUT2D eigenvalue weighted by molar-refractivity contribution is -0.161. The second-order valence-electron chi connectivity index (χ2n) is 9.32. The third kappa shape index (κ3) is 4.46. The Hall–Kier alpha value is -2.48. The van der Waals surface area contributed by atoms with E-state index >= 15 is 0 Å². The van der Waals surface area contributed by atoms with Gasteiger partial charge in [0, 0.05) is 0 Å². The maximum Gasteiger partial charge on any atom is 0.488 e. The number of nitrogens with one attached hydrogen (secondary N) is 1. The minimum atomic E-state index is -3.39. The highest BCUT2D eigenvalue weighted by Crippen LogP contribution is 2.63. The number of anilines is 3. The highest BCUT2D eigenvalue weighted by atomic mass is 31.2. The van der Waals surface area contributed by atoms with Crippen LogP contribution in [0.1, 0.15) is 32.7 Å². The van der Waals surface area contributed by atoms with Crippen molar-refractivity contribution in [2.24, 2.45) is 5.41 Å². The largest absolute Gasteiger partial charge is 0.488 e. The molecule has 0 bridgehead atoms. The van der Waals surface area contributed by atoms with E-state index in [-0.39, 0.29) is 12.4 Å². The molecular formula is C20H26BN5O8P+. The molecule has 2 fully saturated rings. The number of hydrogen-bond acceptors (Lipinski definition) is 13. The zero-order valence-electron chi connectivity index (χ0n) is 19.4. The lowest BCUT2D eigenvalue weighted by Gasteiger charge is -2.32. The van der Waals surface area contributed by atoms with Crippen molar-refractivity contribution in [2.45, 2.75) is 51.5 Å². The molecule has 3 aliphatic rings. The number of nitrogens with zero attached hydrogens (tertiary/aromatic N) is 3. The molecule has 2 aromatic heterocycles. The third-order valence-corrected chi connectivity index (χ3v) is 7.29. The van der Waals surface area contributed by atoms with Crippen LogP contribution in [0.3, 0.4) is 0 Å². The van der Waals surface area contributed by atoms with Gasteiger partial charge in [0.25, 0.3) is 0 Å². The van der Waals surface area contributed by atoms with Crippen molar-refractivity contribution in [3.63, 3.8) is 0 Å². The van der Waals surface area contributed by atoms with Gasteiger partial charge in [-0.05, 0) is 32.9 Å². The Kier molecular flexibility index (Phi) is 6.15. The van der Waals surface area contributed by atoms with E-state index in [1.165, 1.54) is 12.6 Å². The Bertz CT molecular complexity index is 1090. The number of hydrogen-bond donors (Lipinski definition) is 3. The zero-order chi connectivity index (χ0) is 25.0. The molecule has 0 aliphatic carbocycles. The van der Waals surface area contributed by atoms with E-state index in [1.807, 2.05) is 0 Å². The fourth-order valence-corrected chi connectivity index (χ4v) is 5.35. The van der Waals surface area contributed by atoms with Crippen LogP contribution in [0, 0.1) is 5.41 Å². The summed E-state index contributed by atoms with van der Waals surface area (Å²) in [5, 5.41) is 14.5. The van der Waals surface area contributed by atoms with Crippen molar-refractivity contribution < 1.29 is 37.4 Å². The van der Waals surface area contributed by atoms with Crippen LogP contribution in [-0.2, 0) is 27.8 Å². The molecule has 5 rings (SSSR count). The van der Waals surface area contributed by atoms with E-state index in [0.29, 0.717) is 17.3 Å². The van der Waals surface area contributed by atoms with Gasteiger partial charge >= 0.3 is 21.4 Å². The van der Waals surface area contributed by atoms with Crippen molar-refractivity contribution in [1.29, 1.82) is 0 Å². The number of furan rings is 1. The number of aliphatic hydroxyl groups is 1. The molecule has 5 heterocycles. The summed E-state index contributed by atoms with van der Waals surface area (Å²) in [6.45, 7) is 4.70. The topological polar surface area (TPSA) is 164 Å². The van der Waals surface area contributed by atoms with Crippen LogP contribution >= 0.6 is 7.82 Å². The van der Waals surface area contributed by atoms with E-state index < -0.39 is 56.7 Å². The van der Waals surface area contributed by atoms with Gasteiger partial charge in [0.05, 0.1) is 11.7 Å². The number of rotatable bonds is 5. The predicted octanol–water partition coefficient (Wildman–Crippen LogP) is 1.49. The van der Waals surface area contributed by atoms with E-state index in [9.17, 15) is 9.90 Å². The van der Waals surface area contributed by atoms with Gasteiger partial charge in [0.2, 0.25) is 6.79 Å². The van der Waals surface area contributed by atoms with Crippen LogP contribution in [0.25, 0.3) is 0 Å². The van der Waals surface area contributed by atoms with Gasteiger partial charge in [-0.3, -0.25) is 9.69 Å². The molecule has 2 saturated heterocycles. The molecule has 0 aromatic carbocycles. The summed E-state index contributed by atoms with van der Waals surface area (Å²) in [4.78, 5) is 22.1. The zero-order valence-corrected chi connectivity index (χ0v) is 20.3. The van der Waals surface area contributed by atoms with Crippen LogP contribution in [0.2, 0.25) is 0 Å². The number of carbonyl (C=O) groups excluding carboxylic acids is 1. The Balaban J connectivity index is 1.33. The molecule has 13 nitrogen and oxygen atoms in total. The molecule has 5 unspecified atom stereocenters. The second kappa shape index (κ2) is 8.88. The number of nitrogen functional groups attached to an aromatic ring is 1. The molecule has 0 saturated carbocycles. The minimum absolute atomic E-state index is 0.00117. The number of nitrogens with two attached hydrogens (primary N) is 1. The summed E-state index contributed by atoms with van der Waals surface area (Å²) in [7, 11) is 2.79. The smallest absolute Gasteiger partial charge is 0.465 e. The molecule has 0 amide bonds. The third-order valence-electron chi connectivity index (χ3n) is 5.78. The second-order valence-corrected chi connectivity index (χ2v) is 11.1. The van der Waals surface area contributed by atoms with Crippen molar-refractivity contribution in [2.75, 3.05) is 29.4 Å². The molecule has 3 aliphatic heterocycles. The van der Waals surface area contributed by atoms with Gasteiger partial charge in [0.1, 0.15) is 36.6 Å². The first-order valence-corrected chi connectivity index (χ1v) is 12.5. The van der Waals surface area contributed by atoms with E-state index in [2.05, 4.69) is 15.3 Å². The number of aliphatic hydroxyl groups excluding tert-OH is 1. The molecule has 35 heavy (non-hydrogen) atoms. The maximum atomic E-state index is 12.0. The van der Waals surface area contributed by atoms with E-state index in [0.717, 1.165) is 0 Å². The number of aromatic nitrogens is 2. The summed E-state index contributed by atoms with van der Waals surface area (Å²) in [6, 6.07) is 3.52. The van der Waals surface area contributed by atoms with Crippen molar-refractivity contribution in [3.8, 4) is 0 Å². The molecule has 6 atom stereocenters. The quantitative estimate of drug-likeness (QED) is 0.232. The van der Waals surface area contributed by atoms with Gasteiger partial charge in [-0.1, -0.05) is 0 Å². The standard InChI is InChI=1S/C20H26BN5O8P/c1-20(2,3)19(28)30-9-32-35(21)31-7-11-14(34-35)13(27)18(33-11)26-16(10-5-4-6-29-10)25-12-15(22)23-8-24-17(12)26/h4-6,8,11,13-14,16,18,25,27H,7,9H2,1-3H3,(H2,22,23,24)/q+1/t11?,13?,14-,16?,18?,35?/m1/s1. The fraction of sp³-hybridized carbons (Fsp3) is 0.550. The lowest BCUT2D eigenvalue weighted by Crippen LogP contribution is -2.47. The molecular weight excluding hydrogens is 480 g/mol. The summed E-state index contributed by atoms with van der Waals surface area (Å²) in [5.41, 5.74) is 5.83. The van der Waals surface area contributed by atoms with Crippen LogP contribution in [-0.4, -0.2) is 66.5 Å². The van der Waals surface area contributed by atoms with E-state index in [1.54, 1.807) is 37.8 Å². The summed E-state index contributed by atoms with van der Waals surface area (Å²) in [5.74, 6) is 0.758. The van der Waals surface area contributed by atoms with Gasteiger partial charge in [-0.25, -0.2) is 9.97 Å². The molecule has 2 radical (unpaired) electrons. The van der Waals surface area contributed by atoms with Gasteiger partial charge < -0.3 is 30.0 Å². The van der Waals surface area contributed by atoms with E-state index in [4.69, 9.17) is 40.8 Å². The predicted molar refractivity (Wildman–Crippen MR) is 124 cm³/mol. The van der Waals surface area contributed by atoms with Gasteiger partial charge in [0.15, 0.2) is 30.1 Å². The lowest BCUT2D eigenvalue weighted by atomic mass is 9.98. The van der Waals surface area contributed by atoms with Crippen molar-refractivity contribution in [1.82, 2.24) is 9.97 Å². The first kappa shape index (κ1) is 24.2. The normalized spacial score (nSPS) is 32.1. The van der Waals surface area contributed by atoms with Crippen LogP contribution in [0.5, 0.6) is 0 Å². The summed E-state index contributed by atoms with van der Waals surface area (Å²) >= 11 is 0. The maximum absolute atomic E-state index is 12.0. The first-order chi connectivity index (χ1) is 16.6. The monoisotopic (exact) mass is 506 g/mol. The fourth-order valence-electron chi connectivity index (χ4n) is 4.00. The SMILES string of the molecule is [B][P+]1(OCOC(=O)C(C)(C)C)OCC2OC(N3c4ncnc(N)c4NC3c3ccco3)C(O)[C@@H]2O1. The molecule has 0 spiro atoms. The van der Waals surface area contributed by atoms with Crippen molar-refractivity contribution in [3.05, 3.63) is 30.5 Å². The first-order valence-electron chi connectivity index (χ1n) is 10.9. The highest BCUT2D eigenvalue weighted by molar-refractivity contribution is 7.85. The van der Waals surface area contributed by atoms with Crippen LogP contribution in [0.15, 0.2) is 29.1 Å². The van der Waals surface area contributed by atoms with Gasteiger partial charge in [-0.2, -0.15) is 13.6 Å². The molecule has 15 heteroatoms. The Morgan fingerprint density at radius 1 is 1.43 bits per heavy atom. The molecule has 2 aromatic rings. The van der Waals surface area contributed by atoms with Crippen molar-refractivity contribution >= 4 is 38.7 Å². The molecule has 4 N–H and O–H groups in total. The minimum Gasteiger partial charge on any atom is -0.465 e. The Morgan fingerprint density at radius 3 is 2.94 bits per heavy atom. The summed E-state index contributed by atoms with van der Waals surface area (Å²) < 4.78 is 33.8. The number of ether oxygens (including phenoxy) is 2. The van der Waals surface area contributed by atoms with Gasteiger partial charge in [-0.15, -0.1) is 0 Å². The average molecular weight is 506 g/mol. The Morgan fingerprint density at radius 2 is 2.23 bits per heavy atom. The molecule has 186 valence electrons. The van der Waals surface area contributed by atoms with Crippen LogP contribution < -0.4 is 16.0 Å². The number of fused-ring (bicyclic) bond motifs is 2. The van der Waals surface area contributed by atoms with Crippen LogP contribution in [0.4, 0.5) is 17.3 Å². The summed E-state index contributed by atoms with van der Waals surface area (Å²) in [6.07, 6.45) is -1.33. The highest BCUT2D eigenvalue weighted by Gasteiger charge is 2.60. The number of carbonyl (C=O) groups is 1. The average Bonchev–Trinajstić information content (AvgIpc) is 3.51.